The highest BCUT2D eigenvalue weighted by molar-refractivity contribution is 7.86. The first-order valence-corrected chi connectivity index (χ1v) is 10.5. The van der Waals surface area contributed by atoms with Crippen LogP contribution < -0.4 is 4.74 Å². The summed E-state index contributed by atoms with van der Waals surface area (Å²) in [4.78, 5) is 11.7. The quantitative estimate of drug-likeness (QED) is 0.367. The summed E-state index contributed by atoms with van der Waals surface area (Å²) in [6, 6.07) is 12.0. The average Bonchev–Trinajstić information content (AvgIpc) is 2.68. The van der Waals surface area contributed by atoms with Crippen LogP contribution in [0.1, 0.15) is 29.5 Å². The van der Waals surface area contributed by atoms with Gasteiger partial charge in [-0.2, -0.15) is 8.42 Å². The van der Waals surface area contributed by atoms with Gasteiger partial charge in [-0.3, -0.25) is 4.18 Å². The van der Waals surface area contributed by atoms with E-state index in [0.29, 0.717) is 11.3 Å². The maximum absolute atomic E-state index is 12.7. The van der Waals surface area contributed by atoms with Crippen LogP contribution in [-0.4, -0.2) is 34.7 Å². The lowest BCUT2D eigenvalue weighted by Gasteiger charge is -2.23. The highest BCUT2D eigenvalue weighted by Gasteiger charge is 2.27. The van der Waals surface area contributed by atoms with Crippen molar-refractivity contribution in [2.75, 3.05) is 14.2 Å². The molecule has 0 spiro atoms. The van der Waals surface area contributed by atoms with Gasteiger partial charge in [-0.1, -0.05) is 41.5 Å². The first-order chi connectivity index (χ1) is 13.7. The summed E-state index contributed by atoms with van der Waals surface area (Å²) in [7, 11) is -1.19. The molecule has 2 aromatic carbocycles. The Kier molecular flexibility index (Phi) is 7.59. The van der Waals surface area contributed by atoms with Gasteiger partial charge in [0.1, 0.15) is 5.75 Å². The number of methoxy groups -OCH3 is 2. The Labute approximate surface area is 172 Å². The molecule has 0 N–H and O–H groups in total. The third-order valence-corrected chi connectivity index (χ3v) is 5.89. The number of hydrogen-bond acceptors (Lipinski definition) is 6. The minimum Gasteiger partial charge on any atom is -0.496 e. The van der Waals surface area contributed by atoms with Crippen molar-refractivity contribution in [1.29, 1.82) is 0 Å². The van der Waals surface area contributed by atoms with Crippen LogP contribution >= 0.6 is 0 Å². The molecule has 0 heterocycles. The van der Waals surface area contributed by atoms with E-state index in [9.17, 15) is 13.2 Å². The molecule has 0 bridgehead atoms. The smallest absolute Gasteiger partial charge is 0.330 e. The summed E-state index contributed by atoms with van der Waals surface area (Å²) in [6.45, 7) is 5.43. The van der Waals surface area contributed by atoms with Gasteiger partial charge in [-0.15, -0.1) is 0 Å². The van der Waals surface area contributed by atoms with Crippen molar-refractivity contribution in [3.63, 3.8) is 0 Å². The minimum atomic E-state index is -3.99. The van der Waals surface area contributed by atoms with Gasteiger partial charge in [0.25, 0.3) is 10.1 Å². The number of carbonyl (C=O) groups excluding carboxylic acids is 1. The van der Waals surface area contributed by atoms with Crippen LogP contribution in [0.3, 0.4) is 0 Å². The Morgan fingerprint density at radius 3 is 2.21 bits per heavy atom. The monoisotopic (exact) mass is 418 g/mol. The second-order valence-electron chi connectivity index (χ2n) is 6.72. The van der Waals surface area contributed by atoms with Crippen LogP contribution in [0.25, 0.3) is 0 Å². The summed E-state index contributed by atoms with van der Waals surface area (Å²) in [5.41, 5.74) is 2.62. The lowest BCUT2D eigenvalue weighted by atomic mass is 9.91. The standard InChI is InChI=1S/C22H26O6S/c1-15-6-9-18(10-7-15)29(24,25)28-17(3)19(11-13-22(23)27-5)20-14-16(2)8-12-21(20)26-4/h6-14,17,19H,1-5H3/b13-11+/t17-,19+/m0/s1. The second-order valence-corrected chi connectivity index (χ2v) is 8.29. The van der Waals surface area contributed by atoms with Gasteiger partial charge in [0.05, 0.1) is 25.2 Å². The van der Waals surface area contributed by atoms with E-state index in [2.05, 4.69) is 4.74 Å². The predicted molar refractivity (Wildman–Crippen MR) is 111 cm³/mol. The number of aryl methyl sites for hydroxylation is 2. The zero-order chi connectivity index (χ0) is 21.6. The van der Waals surface area contributed by atoms with E-state index in [0.717, 1.165) is 11.1 Å². The topological polar surface area (TPSA) is 78.9 Å². The Balaban J connectivity index is 2.43. The molecule has 0 saturated carbocycles. The molecule has 0 fully saturated rings. The largest absolute Gasteiger partial charge is 0.496 e. The molecule has 0 unspecified atom stereocenters. The van der Waals surface area contributed by atoms with Gasteiger partial charge >= 0.3 is 5.97 Å². The summed E-state index contributed by atoms with van der Waals surface area (Å²) < 4.78 is 41.1. The molecule has 0 aliphatic rings. The molecule has 0 amide bonds. The number of rotatable bonds is 8. The molecule has 6 nitrogen and oxygen atoms in total. The number of hydrogen-bond donors (Lipinski definition) is 0. The van der Waals surface area contributed by atoms with Gasteiger partial charge in [-0.05, 0) is 39.0 Å². The van der Waals surface area contributed by atoms with Crippen molar-refractivity contribution in [2.45, 2.75) is 37.7 Å². The number of benzene rings is 2. The molecule has 29 heavy (non-hydrogen) atoms. The van der Waals surface area contributed by atoms with E-state index < -0.39 is 28.1 Å². The van der Waals surface area contributed by atoms with Crippen molar-refractivity contribution in [3.8, 4) is 5.75 Å². The molecule has 0 saturated heterocycles. The van der Waals surface area contributed by atoms with Crippen LogP contribution in [0.2, 0.25) is 0 Å². The Morgan fingerprint density at radius 2 is 1.62 bits per heavy atom. The highest BCUT2D eigenvalue weighted by atomic mass is 32.2. The van der Waals surface area contributed by atoms with E-state index >= 15 is 0 Å². The second kappa shape index (κ2) is 9.71. The molecule has 7 heteroatoms. The Bertz CT molecular complexity index is 977. The first kappa shape index (κ1) is 22.6. The van der Waals surface area contributed by atoms with E-state index in [-0.39, 0.29) is 4.90 Å². The molecule has 0 aliphatic carbocycles. The molecular weight excluding hydrogens is 392 g/mol. The van der Waals surface area contributed by atoms with Crippen molar-refractivity contribution in [3.05, 3.63) is 71.3 Å². The predicted octanol–water partition coefficient (Wildman–Crippen LogP) is 3.92. The summed E-state index contributed by atoms with van der Waals surface area (Å²) in [5.74, 6) is -0.544. The molecule has 0 aliphatic heterocycles. The van der Waals surface area contributed by atoms with E-state index in [1.165, 1.54) is 32.4 Å². The lowest BCUT2D eigenvalue weighted by Crippen LogP contribution is -2.23. The van der Waals surface area contributed by atoms with E-state index in [4.69, 9.17) is 8.92 Å². The molecule has 2 atom stereocenters. The van der Waals surface area contributed by atoms with Gasteiger partial charge in [0.15, 0.2) is 0 Å². The van der Waals surface area contributed by atoms with Gasteiger partial charge < -0.3 is 9.47 Å². The van der Waals surface area contributed by atoms with Crippen molar-refractivity contribution < 1.29 is 26.9 Å². The highest BCUT2D eigenvalue weighted by Crippen LogP contribution is 2.33. The Hall–Kier alpha value is -2.64. The molecule has 0 aromatic heterocycles. The average molecular weight is 419 g/mol. The minimum absolute atomic E-state index is 0.0712. The zero-order valence-corrected chi connectivity index (χ0v) is 18.0. The number of ether oxygens (including phenoxy) is 2. The fraction of sp³-hybridized carbons (Fsp3) is 0.318. The maximum atomic E-state index is 12.7. The molecular formula is C22H26O6S. The van der Waals surface area contributed by atoms with E-state index in [1.54, 1.807) is 31.2 Å². The van der Waals surface area contributed by atoms with Crippen molar-refractivity contribution >= 4 is 16.1 Å². The normalized spacial score (nSPS) is 13.8. The maximum Gasteiger partial charge on any atom is 0.330 e. The third-order valence-electron chi connectivity index (χ3n) is 4.48. The van der Waals surface area contributed by atoms with Gasteiger partial charge in [-0.25, -0.2) is 4.79 Å². The number of esters is 1. The number of carbonyl (C=O) groups is 1. The zero-order valence-electron chi connectivity index (χ0n) is 17.2. The summed E-state index contributed by atoms with van der Waals surface area (Å²) in [6.07, 6.45) is 2.02. The molecule has 2 aromatic rings. The van der Waals surface area contributed by atoms with E-state index in [1.807, 2.05) is 26.0 Å². The Morgan fingerprint density at radius 1 is 1.00 bits per heavy atom. The van der Waals surface area contributed by atoms with Gasteiger partial charge in [0, 0.05) is 17.6 Å². The van der Waals surface area contributed by atoms with Crippen molar-refractivity contribution in [2.24, 2.45) is 0 Å². The fourth-order valence-electron chi connectivity index (χ4n) is 2.90. The first-order valence-electron chi connectivity index (χ1n) is 9.08. The summed E-state index contributed by atoms with van der Waals surface area (Å²) in [5, 5.41) is 0. The van der Waals surface area contributed by atoms with Crippen LogP contribution in [0.15, 0.2) is 59.5 Å². The van der Waals surface area contributed by atoms with Crippen molar-refractivity contribution in [1.82, 2.24) is 0 Å². The molecule has 0 radical (unpaired) electrons. The van der Waals surface area contributed by atoms with Crippen LogP contribution in [0.5, 0.6) is 5.75 Å². The van der Waals surface area contributed by atoms with Crippen LogP contribution in [0.4, 0.5) is 0 Å². The van der Waals surface area contributed by atoms with Gasteiger partial charge in [0.2, 0.25) is 0 Å². The van der Waals surface area contributed by atoms with Crippen LogP contribution in [0, 0.1) is 13.8 Å². The fourth-order valence-corrected chi connectivity index (χ4v) is 4.00. The molecule has 2 rings (SSSR count). The summed E-state index contributed by atoms with van der Waals surface area (Å²) >= 11 is 0. The van der Waals surface area contributed by atoms with Crippen LogP contribution in [-0.2, 0) is 23.8 Å². The SMILES string of the molecule is COC(=O)/C=C/[C@@H](c1cc(C)ccc1OC)[C@H](C)OS(=O)(=O)c1ccc(C)cc1. The molecule has 156 valence electrons. The lowest BCUT2D eigenvalue weighted by molar-refractivity contribution is -0.134. The third kappa shape index (κ3) is 5.92.